The second-order valence-electron chi connectivity index (χ2n) is 1.30. The van der Waals surface area contributed by atoms with Crippen LogP contribution < -0.4 is 6.15 Å². The third kappa shape index (κ3) is 2.53. The second kappa shape index (κ2) is 3.53. The number of hydrogen-bond donors (Lipinski definition) is 0. The first kappa shape index (κ1) is 8.52. The van der Waals surface area contributed by atoms with E-state index in [4.69, 9.17) is 0 Å². The van der Waals surface area contributed by atoms with Crippen molar-refractivity contribution in [2.75, 3.05) is 0 Å². The first-order chi connectivity index (χ1) is 3.79. The van der Waals surface area contributed by atoms with Crippen LogP contribution >= 0.6 is 15.9 Å². The highest BCUT2D eigenvalue weighted by molar-refractivity contribution is 9.10. The topological polar surface area (TPSA) is 43.4 Å². The molecule has 0 fully saturated rings. The molecule has 0 aliphatic heterocycles. The van der Waals surface area contributed by atoms with Crippen molar-refractivity contribution in [2.45, 2.75) is 0 Å². The van der Waals surface area contributed by atoms with Crippen LogP contribution in [-0.2, 0) is 0 Å². The Morgan fingerprint density at radius 2 is 2.22 bits per heavy atom. The quantitative estimate of drug-likeness (QED) is 0.571. The maximum Gasteiger partial charge on any atom is 0.213 e. The van der Waals surface area contributed by atoms with Gasteiger partial charge in [0, 0.05) is 22.9 Å². The molecule has 1 aromatic heterocycles. The lowest BCUT2D eigenvalue weighted by atomic mass is 10.5. The number of nitrogens with zero attached hydrogens (tertiary/aromatic N) is 2. The van der Waals surface area contributed by atoms with E-state index in [0.29, 0.717) is 4.47 Å². The standard InChI is InChI=1S/C5H3BrFN.N/c6-4-1-2-8-5(7)3-4;/h1-3H;. The smallest absolute Gasteiger partial charge is 0.213 e. The van der Waals surface area contributed by atoms with Gasteiger partial charge in [-0.2, -0.15) is 4.39 Å². The summed E-state index contributed by atoms with van der Waals surface area (Å²) in [6.45, 7) is 0. The van der Waals surface area contributed by atoms with E-state index < -0.39 is 5.95 Å². The molecule has 9 heavy (non-hydrogen) atoms. The summed E-state index contributed by atoms with van der Waals surface area (Å²) >= 11 is 3.08. The fourth-order valence-corrected chi connectivity index (χ4v) is 0.686. The van der Waals surface area contributed by atoms with E-state index in [-0.39, 0.29) is 6.15 Å². The lowest BCUT2D eigenvalue weighted by Crippen LogP contribution is -1.76. The third-order valence-corrected chi connectivity index (χ3v) is 1.18. The molecule has 1 heterocycles. The monoisotopic (exact) mass is 189 g/mol. The van der Waals surface area contributed by atoms with E-state index in [1.54, 1.807) is 6.07 Å². The van der Waals surface area contributed by atoms with Gasteiger partial charge in [-0.1, -0.05) is 15.9 Å². The summed E-state index contributed by atoms with van der Waals surface area (Å²) in [7, 11) is 0. The van der Waals surface area contributed by atoms with Gasteiger partial charge in [-0.05, 0) is 6.07 Å². The Bertz CT molecular complexity index is 175. The minimum absolute atomic E-state index is 0. The summed E-state index contributed by atoms with van der Waals surface area (Å²) in [6.07, 6.45) is 1.40. The molecule has 0 atom stereocenters. The van der Waals surface area contributed by atoms with E-state index in [1.807, 2.05) is 0 Å². The molecule has 3 radical (unpaired) electrons. The van der Waals surface area contributed by atoms with E-state index in [2.05, 4.69) is 20.9 Å². The molecule has 4 heteroatoms. The predicted molar refractivity (Wildman–Crippen MR) is 34.0 cm³/mol. The first-order valence-corrected chi connectivity index (χ1v) is 2.85. The molecule has 0 amide bonds. The fourth-order valence-electron chi connectivity index (χ4n) is 0.379. The molecule has 0 aromatic carbocycles. The Labute approximate surface area is 60.8 Å². The maximum absolute atomic E-state index is 12.0. The van der Waals surface area contributed by atoms with Crippen LogP contribution in [0.4, 0.5) is 4.39 Å². The van der Waals surface area contributed by atoms with E-state index >= 15 is 0 Å². The lowest BCUT2D eigenvalue weighted by molar-refractivity contribution is 0.583. The fraction of sp³-hybridized carbons (Fsp3) is 0. The van der Waals surface area contributed by atoms with E-state index in [1.165, 1.54) is 12.3 Å². The Kier molecular flexibility index (Phi) is 3.34. The van der Waals surface area contributed by atoms with Crippen molar-refractivity contribution in [1.29, 1.82) is 0 Å². The Balaban J connectivity index is 0.000000640. The van der Waals surface area contributed by atoms with Crippen molar-refractivity contribution in [2.24, 2.45) is 0 Å². The molecular weight excluding hydrogens is 187 g/mol. The normalized spacial score (nSPS) is 8.22. The van der Waals surface area contributed by atoms with Gasteiger partial charge in [0.25, 0.3) is 0 Å². The van der Waals surface area contributed by atoms with Crippen LogP contribution in [0.3, 0.4) is 0 Å². The minimum Gasteiger partial charge on any atom is -0.228 e. The average molecular weight is 190 g/mol. The number of hydrogen-bond acceptors (Lipinski definition) is 1. The van der Waals surface area contributed by atoms with Crippen LogP contribution in [-0.4, -0.2) is 4.98 Å². The van der Waals surface area contributed by atoms with Crippen molar-refractivity contribution in [1.82, 2.24) is 11.1 Å². The molecule has 0 N–H and O–H groups in total. The molecule has 0 spiro atoms. The zero-order chi connectivity index (χ0) is 5.98. The Morgan fingerprint density at radius 3 is 2.56 bits per heavy atom. The molecule has 0 saturated heterocycles. The van der Waals surface area contributed by atoms with Crippen LogP contribution in [0.25, 0.3) is 0 Å². The molecule has 2 nitrogen and oxygen atoms in total. The maximum atomic E-state index is 12.0. The van der Waals surface area contributed by atoms with E-state index in [0.717, 1.165) is 0 Å². The second-order valence-corrected chi connectivity index (χ2v) is 2.21. The molecule has 0 unspecified atom stereocenters. The molecule has 1 rings (SSSR count). The molecular formula is C5H3BrFN2. The number of aromatic nitrogens is 1. The summed E-state index contributed by atoms with van der Waals surface area (Å²) in [4.78, 5) is 3.34. The van der Waals surface area contributed by atoms with Gasteiger partial charge in [0.05, 0.1) is 0 Å². The van der Waals surface area contributed by atoms with Crippen LogP contribution in [0.15, 0.2) is 22.8 Å². The SMILES string of the molecule is Fc1cc(Br)ccn1.[N]. The summed E-state index contributed by atoms with van der Waals surface area (Å²) in [5, 5.41) is 0. The zero-order valence-corrected chi connectivity index (χ0v) is 5.97. The van der Waals surface area contributed by atoms with Crippen molar-refractivity contribution < 1.29 is 4.39 Å². The Morgan fingerprint density at radius 1 is 1.56 bits per heavy atom. The summed E-state index contributed by atoms with van der Waals surface area (Å²) in [5.41, 5.74) is 0. The predicted octanol–water partition coefficient (Wildman–Crippen LogP) is 1.50. The Hall–Kier alpha value is -0.480. The highest BCUT2D eigenvalue weighted by Gasteiger charge is 1.87. The van der Waals surface area contributed by atoms with Crippen molar-refractivity contribution >= 4 is 15.9 Å². The molecule has 1 aromatic rings. The van der Waals surface area contributed by atoms with Crippen molar-refractivity contribution in [3.63, 3.8) is 0 Å². The number of halogens is 2. The summed E-state index contributed by atoms with van der Waals surface area (Å²) < 4.78 is 12.7. The molecule has 0 saturated carbocycles. The molecule has 0 aliphatic rings. The number of pyridine rings is 1. The van der Waals surface area contributed by atoms with Crippen molar-refractivity contribution in [3.05, 3.63) is 28.7 Å². The zero-order valence-electron chi connectivity index (χ0n) is 4.38. The molecule has 0 bridgehead atoms. The lowest BCUT2D eigenvalue weighted by Gasteiger charge is -1.85. The first-order valence-electron chi connectivity index (χ1n) is 2.06. The number of rotatable bonds is 0. The van der Waals surface area contributed by atoms with Gasteiger partial charge >= 0.3 is 0 Å². The van der Waals surface area contributed by atoms with Crippen LogP contribution in [0.1, 0.15) is 0 Å². The van der Waals surface area contributed by atoms with Gasteiger partial charge < -0.3 is 0 Å². The molecule has 47 valence electrons. The van der Waals surface area contributed by atoms with Crippen LogP contribution in [0, 0.1) is 5.95 Å². The summed E-state index contributed by atoms with van der Waals surface area (Å²) in [5.74, 6) is -0.459. The van der Waals surface area contributed by atoms with E-state index in [9.17, 15) is 4.39 Å². The minimum atomic E-state index is -0.459. The van der Waals surface area contributed by atoms with Crippen LogP contribution in [0.5, 0.6) is 0 Å². The van der Waals surface area contributed by atoms with Crippen molar-refractivity contribution in [3.8, 4) is 0 Å². The van der Waals surface area contributed by atoms with Gasteiger partial charge in [-0.25, -0.2) is 4.98 Å². The van der Waals surface area contributed by atoms with Crippen LogP contribution in [0.2, 0.25) is 0 Å². The largest absolute Gasteiger partial charge is 0.228 e. The highest BCUT2D eigenvalue weighted by atomic mass is 79.9. The highest BCUT2D eigenvalue weighted by Crippen LogP contribution is 2.06. The van der Waals surface area contributed by atoms with Gasteiger partial charge in [0.15, 0.2) is 0 Å². The average Bonchev–Trinajstić information content (AvgIpc) is 1.64. The van der Waals surface area contributed by atoms with Gasteiger partial charge in [0.2, 0.25) is 5.95 Å². The van der Waals surface area contributed by atoms with Gasteiger partial charge in [-0.15, -0.1) is 0 Å². The molecule has 0 aliphatic carbocycles. The summed E-state index contributed by atoms with van der Waals surface area (Å²) in [6, 6.07) is 2.98. The van der Waals surface area contributed by atoms with Gasteiger partial charge in [-0.3, -0.25) is 0 Å². The van der Waals surface area contributed by atoms with Gasteiger partial charge in [0.1, 0.15) is 0 Å². The third-order valence-electron chi connectivity index (χ3n) is 0.689.